The van der Waals surface area contributed by atoms with Crippen molar-refractivity contribution >= 4 is 0 Å². The van der Waals surface area contributed by atoms with Gasteiger partial charge in [0.25, 0.3) is 0 Å². The first-order chi connectivity index (χ1) is 28.0. The van der Waals surface area contributed by atoms with E-state index >= 15 is 0 Å². The van der Waals surface area contributed by atoms with Gasteiger partial charge in [0.05, 0.1) is 0 Å². The van der Waals surface area contributed by atoms with E-state index in [0.717, 1.165) is 38.9 Å². The van der Waals surface area contributed by atoms with Gasteiger partial charge in [-0.15, -0.1) is 0 Å². The summed E-state index contributed by atoms with van der Waals surface area (Å²) in [5.74, 6) is 1.92. The normalized spacial score (nSPS) is 12.5. The number of fused-ring (bicyclic) bond motifs is 3. The zero-order chi connectivity index (χ0) is 38.3. The maximum atomic E-state index is 5.09. The van der Waals surface area contributed by atoms with Gasteiger partial charge in [-0.05, 0) is 91.0 Å². The second-order valence-electron chi connectivity index (χ2n) is 15.2. The monoisotopic (exact) mass is 729 g/mol. The third kappa shape index (κ3) is 6.24. The summed E-state index contributed by atoms with van der Waals surface area (Å²) in [6.07, 6.45) is 0. The van der Waals surface area contributed by atoms with E-state index in [9.17, 15) is 0 Å². The molecule has 0 saturated heterocycles. The molecule has 0 amide bonds. The predicted octanol–water partition coefficient (Wildman–Crippen LogP) is 13.8. The summed E-state index contributed by atoms with van der Waals surface area (Å²) < 4.78 is 0. The summed E-state index contributed by atoms with van der Waals surface area (Å²) in [5.41, 5.74) is 17.4. The molecule has 1 heterocycles. The van der Waals surface area contributed by atoms with Crippen LogP contribution < -0.4 is 0 Å². The van der Waals surface area contributed by atoms with Crippen molar-refractivity contribution in [2.45, 2.75) is 19.3 Å². The highest BCUT2D eigenvalue weighted by atomic mass is 15.0. The van der Waals surface area contributed by atoms with E-state index in [2.05, 4.69) is 153 Å². The predicted molar refractivity (Wildman–Crippen MR) is 235 cm³/mol. The van der Waals surface area contributed by atoms with Crippen LogP contribution in [0.1, 0.15) is 25.0 Å². The Balaban J connectivity index is 1.21. The Morgan fingerprint density at radius 2 is 0.702 bits per heavy atom. The van der Waals surface area contributed by atoms with Gasteiger partial charge in [-0.2, -0.15) is 0 Å². The largest absolute Gasteiger partial charge is 0.208 e. The number of hydrogen-bond acceptors (Lipinski definition) is 3. The molecule has 1 aromatic heterocycles. The number of benzene rings is 8. The Kier molecular flexibility index (Phi) is 8.49. The molecule has 0 N–H and O–H groups in total. The van der Waals surface area contributed by atoms with Gasteiger partial charge in [0, 0.05) is 22.1 Å². The van der Waals surface area contributed by atoms with Crippen molar-refractivity contribution < 1.29 is 0 Å². The summed E-state index contributed by atoms with van der Waals surface area (Å²) in [4.78, 5) is 15.1. The topological polar surface area (TPSA) is 38.7 Å². The van der Waals surface area contributed by atoms with Crippen molar-refractivity contribution in [2.75, 3.05) is 0 Å². The van der Waals surface area contributed by atoms with Crippen molar-refractivity contribution in [1.29, 1.82) is 0 Å². The van der Waals surface area contributed by atoms with Crippen molar-refractivity contribution in [2.24, 2.45) is 0 Å². The molecule has 3 nitrogen and oxygen atoms in total. The van der Waals surface area contributed by atoms with Crippen molar-refractivity contribution in [3.8, 4) is 89.8 Å². The standard InChI is InChI=1S/C54H39N3/c1-54(2)48-29-16-15-28-44(48)47-33-41(30-31-49(47)54)46-35-43(36-18-7-3-8-19-36)34-45(50(46)37-20-9-4-10-21-37)40-26-17-27-42(32-40)53-56-51(38-22-11-5-12-23-38)55-52(57-53)39-24-13-6-14-25-39/h3-35H,1-2H3. The van der Waals surface area contributed by atoms with Crippen LogP contribution in [0.4, 0.5) is 0 Å². The lowest BCUT2D eigenvalue weighted by Crippen LogP contribution is -2.14. The number of hydrogen-bond donors (Lipinski definition) is 0. The third-order valence-electron chi connectivity index (χ3n) is 11.3. The minimum Gasteiger partial charge on any atom is -0.208 e. The zero-order valence-corrected chi connectivity index (χ0v) is 31.9. The van der Waals surface area contributed by atoms with E-state index in [1.54, 1.807) is 0 Å². The minimum atomic E-state index is -0.0695. The molecule has 9 aromatic rings. The van der Waals surface area contributed by atoms with Crippen LogP contribution in [0.5, 0.6) is 0 Å². The lowest BCUT2D eigenvalue weighted by molar-refractivity contribution is 0.660. The van der Waals surface area contributed by atoms with E-state index in [1.807, 2.05) is 60.7 Å². The fourth-order valence-electron chi connectivity index (χ4n) is 8.46. The summed E-state index contributed by atoms with van der Waals surface area (Å²) in [7, 11) is 0. The molecule has 0 bridgehead atoms. The van der Waals surface area contributed by atoms with E-state index in [-0.39, 0.29) is 5.41 Å². The quantitative estimate of drug-likeness (QED) is 0.164. The van der Waals surface area contributed by atoms with E-state index in [1.165, 1.54) is 44.5 Å². The Bertz CT molecular complexity index is 2840. The Labute approximate surface area is 334 Å². The van der Waals surface area contributed by atoms with Gasteiger partial charge in [-0.25, -0.2) is 15.0 Å². The van der Waals surface area contributed by atoms with Crippen molar-refractivity contribution in [1.82, 2.24) is 15.0 Å². The lowest BCUT2D eigenvalue weighted by Gasteiger charge is -2.22. The van der Waals surface area contributed by atoms with Gasteiger partial charge in [0.15, 0.2) is 17.5 Å². The molecule has 3 heteroatoms. The molecule has 270 valence electrons. The van der Waals surface area contributed by atoms with Crippen molar-refractivity contribution in [3.63, 3.8) is 0 Å². The lowest BCUT2D eigenvalue weighted by atomic mass is 9.81. The first-order valence-electron chi connectivity index (χ1n) is 19.5. The second-order valence-corrected chi connectivity index (χ2v) is 15.2. The Morgan fingerprint density at radius 3 is 1.30 bits per heavy atom. The SMILES string of the molecule is CC1(C)c2ccccc2-c2cc(-c3cc(-c4ccccc4)cc(-c4cccc(-c5nc(-c6ccccc6)nc(-c6ccccc6)n5)c4)c3-c3ccccc3)ccc21. The summed E-state index contributed by atoms with van der Waals surface area (Å²) in [6, 6.07) is 71.2. The van der Waals surface area contributed by atoms with Gasteiger partial charge in [-0.1, -0.05) is 190 Å². The Morgan fingerprint density at radius 1 is 0.281 bits per heavy atom. The molecule has 57 heavy (non-hydrogen) atoms. The summed E-state index contributed by atoms with van der Waals surface area (Å²) >= 11 is 0. The molecular weight excluding hydrogens is 691 g/mol. The van der Waals surface area contributed by atoms with Crippen LogP contribution >= 0.6 is 0 Å². The van der Waals surface area contributed by atoms with E-state index < -0.39 is 0 Å². The minimum absolute atomic E-state index is 0.0695. The average Bonchev–Trinajstić information content (AvgIpc) is 3.52. The zero-order valence-electron chi connectivity index (χ0n) is 31.9. The van der Waals surface area contributed by atoms with E-state index in [4.69, 9.17) is 15.0 Å². The molecular formula is C54H39N3. The third-order valence-corrected chi connectivity index (χ3v) is 11.3. The molecule has 0 unspecified atom stereocenters. The molecule has 0 saturated carbocycles. The Hall–Kier alpha value is -7.23. The summed E-state index contributed by atoms with van der Waals surface area (Å²) in [5, 5.41) is 0. The molecule has 8 aromatic carbocycles. The number of aromatic nitrogens is 3. The van der Waals surface area contributed by atoms with Gasteiger partial charge >= 0.3 is 0 Å². The number of rotatable bonds is 7. The van der Waals surface area contributed by atoms with Crippen LogP contribution in [0.3, 0.4) is 0 Å². The molecule has 1 aliphatic carbocycles. The van der Waals surface area contributed by atoms with Crippen LogP contribution in [0.25, 0.3) is 89.8 Å². The van der Waals surface area contributed by atoms with E-state index in [0.29, 0.717) is 17.5 Å². The first kappa shape index (κ1) is 34.3. The van der Waals surface area contributed by atoms with Gasteiger partial charge in [-0.3, -0.25) is 0 Å². The van der Waals surface area contributed by atoms with Crippen LogP contribution in [-0.4, -0.2) is 15.0 Å². The smallest absolute Gasteiger partial charge is 0.164 e. The van der Waals surface area contributed by atoms with Gasteiger partial charge < -0.3 is 0 Å². The summed E-state index contributed by atoms with van der Waals surface area (Å²) in [6.45, 7) is 4.68. The molecule has 1 aliphatic rings. The van der Waals surface area contributed by atoms with Crippen LogP contribution in [0.2, 0.25) is 0 Å². The second kappa shape index (κ2) is 14.1. The van der Waals surface area contributed by atoms with Gasteiger partial charge in [0.2, 0.25) is 0 Å². The fraction of sp³-hybridized carbons (Fsp3) is 0.0556. The average molecular weight is 730 g/mol. The molecule has 10 rings (SSSR count). The molecule has 0 atom stereocenters. The van der Waals surface area contributed by atoms with Crippen LogP contribution in [-0.2, 0) is 5.41 Å². The fourth-order valence-corrected chi connectivity index (χ4v) is 8.46. The molecule has 0 radical (unpaired) electrons. The van der Waals surface area contributed by atoms with Crippen LogP contribution in [0, 0.1) is 0 Å². The first-order valence-corrected chi connectivity index (χ1v) is 19.5. The highest BCUT2D eigenvalue weighted by Gasteiger charge is 2.35. The van der Waals surface area contributed by atoms with Crippen molar-refractivity contribution in [3.05, 3.63) is 211 Å². The molecule has 0 aliphatic heterocycles. The molecule has 0 spiro atoms. The number of nitrogens with zero attached hydrogens (tertiary/aromatic N) is 3. The highest BCUT2D eigenvalue weighted by Crippen LogP contribution is 2.51. The van der Waals surface area contributed by atoms with Gasteiger partial charge in [0.1, 0.15) is 0 Å². The maximum absolute atomic E-state index is 5.09. The van der Waals surface area contributed by atoms with Crippen LogP contribution in [0.15, 0.2) is 200 Å². The molecule has 0 fully saturated rings. The highest BCUT2D eigenvalue weighted by molar-refractivity contribution is 5.99. The maximum Gasteiger partial charge on any atom is 0.164 e.